The Morgan fingerprint density at radius 2 is 1.05 bits per heavy atom. The van der Waals surface area contributed by atoms with E-state index in [-0.39, 0.29) is 0 Å². The smallest absolute Gasteiger partial charge is 0.377 e. The summed E-state index contributed by atoms with van der Waals surface area (Å²) in [5.41, 5.74) is -5.33. The van der Waals surface area contributed by atoms with Gasteiger partial charge in [-0.2, -0.15) is 26.3 Å². The first kappa shape index (κ1) is 18.6. The summed E-state index contributed by atoms with van der Waals surface area (Å²) < 4.78 is 101. The van der Waals surface area contributed by atoms with E-state index >= 15 is 0 Å². The van der Waals surface area contributed by atoms with Gasteiger partial charge in [0.05, 0.1) is 0 Å². The highest BCUT2D eigenvalue weighted by molar-refractivity contribution is 6.60. The molecule has 0 bridgehead atoms. The fourth-order valence-electron chi connectivity index (χ4n) is 1.33. The molecule has 19 heavy (non-hydrogen) atoms. The van der Waals surface area contributed by atoms with E-state index in [1.54, 1.807) is 0 Å². The van der Waals surface area contributed by atoms with Crippen molar-refractivity contribution >= 4 is 8.80 Å². The number of alkyl halides is 7. The Kier molecular flexibility index (Phi) is 5.81. The van der Waals surface area contributed by atoms with Crippen LogP contribution in [0.4, 0.5) is 30.7 Å². The van der Waals surface area contributed by atoms with Gasteiger partial charge in [0.15, 0.2) is 0 Å². The van der Waals surface area contributed by atoms with Crippen LogP contribution < -0.4 is 0 Å². The lowest BCUT2D eigenvalue weighted by Crippen LogP contribution is -2.55. The van der Waals surface area contributed by atoms with Crippen LogP contribution >= 0.6 is 0 Å². The van der Waals surface area contributed by atoms with Gasteiger partial charge < -0.3 is 13.3 Å². The van der Waals surface area contributed by atoms with Crippen molar-refractivity contribution in [2.45, 2.75) is 30.5 Å². The molecule has 0 spiro atoms. The minimum atomic E-state index is -6.08. The predicted octanol–water partition coefficient (Wildman–Crippen LogP) is 3.09. The molecule has 0 aromatic rings. The molecular weight excluding hydrogens is 305 g/mol. The average molecular weight is 318 g/mol. The van der Waals surface area contributed by atoms with Gasteiger partial charge in [0.25, 0.3) is 5.67 Å². The standard InChI is InChI=1S/C8H13F7O3Si/c1-16-19(17-2,18-3)5-4-6(9,7(10,11)12)8(13,14)15/h4-5H2,1-3H3. The molecule has 0 radical (unpaired) electrons. The molecule has 0 aromatic carbocycles. The first-order valence-electron chi connectivity index (χ1n) is 4.87. The molecule has 0 saturated carbocycles. The third kappa shape index (κ3) is 3.80. The first-order chi connectivity index (χ1) is 8.39. The summed E-state index contributed by atoms with van der Waals surface area (Å²) in [5.74, 6) is 0. The van der Waals surface area contributed by atoms with E-state index in [4.69, 9.17) is 0 Å². The van der Waals surface area contributed by atoms with Gasteiger partial charge >= 0.3 is 21.2 Å². The zero-order chi connectivity index (χ0) is 15.5. The molecule has 0 aliphatic carbocycles. The number of rotatable bonds is 6. The van der Waals surface area contributed by atoms with Crippen molar-refractivity contribution in [2.75, 3.05) is 21.3 Å². The molecule has 0 aromatic heterocycles. The van der Waals surface area contributed by atoms with Crippen LogP contribution in [0.3, 0.4) is 0 Å². The number of hydrogen-bond donors (Lipinski definition) is 0. The lowest BCUT2D eigenvalue weighted by atomic mass is 10.0. The average Bonchev–Trinajstić information content (AvgIpc) is 2.28. The third-order valence-electron chi connectivity index (χ3n) is 2.61. The Labute approximate surface area is 106 Å². The summed E-state index contributed by atoms with van der Waals surface area (Å²) in [5, 5.41) is 0. The highest BCUT2D eigenvalue weighted by Crippen LogP contribution is 2.49. The second-order valence-corrected chi connectivity index (χ2v) is 6.68. The lowest BCUT2D eigenvalue weighted by Gasteiger charge is -2.32. The Morgan fingerprint density at radius 3 is 1.26 bits per heavy atom. The molecule has 0 atom stereocenters. The normalized spacial score (nSPS) is 14.8. The van der Waals surface area contributed by atoms with Gasteiger partial charge in [0.2, 0.25) is 0 Å². The summed E-state index contributed by atoms with van der Waals surface area (Å²) in [4.78, 5) is 0. The van der Waals surface area contributed by atoms with Crippen molar-refractivity contribution in [3.05, 3.63) is 0 Å². The summed E-state index contributed by atoms with van der Waals surface area (Å²) >= 11 is 0. The Morgan fingerprint density at radius 1 is 0.737 bits per heavy atom. The summed E-state index contributed by atoms with van der Waals surface area (Å²) in [6, 6.07) is -0.966. The fourth-order valence-corrected chi connectivity index (χ4v) is 3.09. The Balaban J connectivity index is 5.19. The minimum Gasteiger partial charge on any atom is -0.377 e. The van der Waals surface area contributed by atoms with E-state index in [1.807, 2.05) is 0 Å². The topological polar surface area (TPSA) is 27.7 Å². The van der Waals surface area contributed by atoms with Gasteiger partial charge in [0.1, 0.15) is 0 Å². The summed E-state index contributed by atoms with van der Waals surface area (Å²) in [6.45, 7) is 0. The maximum Gasteiger partial charge on any atom is 0.500 e. The van der Waals surface area contributed by atoms with E-state index in [0.29, 0.717) is 0 Å². The highest BCUT2D eigenvalue weighted by Gasteiger charge is 2.72. The maximum atomic E-state index is 13.4. The minimum absolute atomic E-state index is 0.966. The largest absolute Gasteiger partial charge is 0.500 e. The molecule has 0 fully saturated rings. The van der Waals surface area contributed by atoms with Crippen molar-refractivity contribution < 1.29 is 44.0 Å². The van der Waals surface area contributed by atoms with Gasteiger partial charge in [0, 0.05) is 33.8 Å². The molecule has 0 aliphatic rings. The zero-order valence-electron chi connectivity index (χ0n) is 10.3. The summed E-state index contributed by atoms with van der Waals surface area (Å²) in [7, 11) is -0.724. The van der Waals surface area contributed by atoms with Crippen molar-refractivity contribution in [3.8, 4) is 0 Å². The van der Waals surface area contributed by atoms with Crippen LogP contribution in [0.15, 0.2) is 0 Å². The van der Waals surface area contributed by atoms with Gasteiger partial charge in [-0.3, -0.25) is 0 Å². The maximum absolute atomic E-state index is 13.4. The highest BCUT2D eigenvalue weighted by atomic mass is 28.4. The molecule has 0 saturated heterocycles. The van der Waals surface area contributed by atoms with Crippen LogP contribution in [0.5, 0.6) is 0 Å². The third-order valence-corrected chi connectivity index (χ3v) is 5.34. The Bertz CT molecular complexity index is 265. The van der Waals surface area contributed by atoms with Gasteiger partial charge in [-0.25, -0.2) is 4.39 Å². The molecule has 3 nitrogen and oxygen atoms in total. The van der Waals surface area contributed by atoms with Gasteiger partial charge in [-0.05, 0) is 0 Å². The Hall–Kier alpha value is -0.393. The van der Waals surface area contributed by atoms with Crippen LogP contribution in [0.1, 0.15) is 6.42 Å². The molecule has 11 heteroatoms. The van der Waals surface area contributed by atoms with E-state index in [9.17, 15) is 30.7 Å². The van der Waals surface area contributed by atoms with Crippen molar-refractivity contribution in [3.63, 3.8) is 0 Å². The predicted molar refractivity (Wildman–Crippen MR) is 52.2 cm³/mol. The van der Waals surface area contributed by atoms with Gasteiger partial charge in [-0.15, -0.1) is 0 Å². The molecule has 0 N–H and O–H groups in total. The van der Waals surface area contributed by atoms with E-state index in [1.165, 1.54) is 0 Å². The second-order valence-electron chi connectivity index (χ2n) is 3.59. The van der Waals surface area contributed by atoms with Crippen molar-refractivity contribution in [1.29, 1.82) is 0 Å². The van der Waals surface area contributed by atoms with Crippen LogP contribution in [0.2, 0.25) is 6.04 Å². The second kappa shape index (κ2) is 5.93. The van der Waals surface area contributed by atoms with Crippen LogP contribution in [0, 0.1) is 0 Å². The monoisotopic (exact) mass is 318 g/mol. The van der Waals surface area contributed by atoms with Crippen LogP contribution in [-0.4, -0.2) is 48.2 Å². The van der Waals surface area contributed by atoms with Crippen molar-refractivity contribution in [2.24, 2.45) is 0 Å². The SMILES string of the molecule is CO[Si](CCC(F)(C(F)(F)F)C(F)(F)F)(OC)OC. The molecule has 0 aliphatic heterocycles. The lowest BCUT2D eigenvalue weighted by molar-refractivity contribution is -0.342. The van der Waals surface area contributed by atoms with Gasteiger partial charge in [-0.1, -0.05) is 0 Å². The zero-order valence-corrected chi connectivity index (χ0v) is 11.3. The van der Waals surface area contributed by atoms with E-state index in [0.717, 1.165) is 21.3 Å². The molecular formula is C8H13F7O3Si. The number of halogens is 7. The first-order valence-corrected chi connectivity index (χ1v) is 6.80. The molecule has 0 unspecified atom stereocenters. The van der Waals surface area contributed by atoms with Crippen LogP contribution in [0.25, 0.3) is 0 Å². The molecule has 0 rings (SSSR count). The van der Waals surface area contributed by atoms with Crippen LogP contribution in [-0.2, 0) is 13.3 Å². The number of hydrogen-bond acceptors (Lipinski definition) is 3. The quantitative estimate of drug-likeness (QED) is 0.556. The molecule has 0 heterocycles. The summed E-state index contributed by atoms with van der Waals surface area (Å²) in [6.07, 6.45) is -14.1. The fraction of sp³-hybridized carbons (Fsp3) is 1.00. The van der Waals surface area contributed by atoms with E-state index in [2.05, 4.69) is 13.3 Å². The molecule has 0 amide bonds. The van der Waals surface area contributed by atoms with Crippen molar-refractivity contribution in [1.82, 2.24) is 0 Å². The van der Waals surface area contributed by atoms with E-state index < -0.39 is 39.3 Å². The molecule has 116 valence electrons.